The van der Waals surface area contributed by atoms with Crippen molar-refractivity contribution in [1.82, 2.24) is 10.6 Å². The first-order valence-electron chi connectivity index (χ1n) is 7.58. The summed E-state index contributed by atoms with van der Waals surface area (Å²) in [6.45, 7) is 2.89. The Kier molecular flexibility index (Phi) is 4.72. The van der Waals surface area contributed by atoms with Gasteiger partial charge in [-0.25, -0.2) is 0 Å². The van der Waals surface area contributed by atoms with E-state index in [9.17, 15) is 4.79 Å². The van der Waals surface area contributed by atoms with Gasteiger partial charge in [0.2, 0.25) is 5.91 Å². The highest BCUT2D eigenvalue weighted by Gasteiger charge is 2.44. The molecule has 1 saturated heterocycles. The molecule has 21 heavy (non-hydrogen) atoms. The van der Waals surface area contributed by atoms with E-state index in [1.54, 1.807) is 6.07 Å². The first-order valence-corrected chi connectivity index (χ1v) is 8.34. The minimum absolute atomic E-state index is 0.0697. The molecule has 0 bridgehead atoms. The quantitative estimate of drug-likeness (QED) is 0.892. The molecule has 2 fully saturated rings. The Bertz CT molecular complexity index is 529. The second-order valence-corrected chi connectivity index (χ2v) is 6.92. The maximum absolute atomic E-state index is 12.2. The molecule has 3 nitrogen and oxygen atoms in total. The van der Waals surface area contributed by atoms with Gasteiger partial charge in [-0.2, -0.15) is 0 Å². The second-order valence-electron chi connectivity index (χ2n) is 6.07. The van der Waals surface area contributed by atoms with Crippen molar-refractivity contribution in [3.8, 4) is 0 Å². The number of carbonyl (C=O) groups is 1. The van der Waals surface area contributed by atoms with E-state index in [1.165, 1.54) is 12.8 Å². The van der Waals surface area contributed by atoms with E-state index < -0.39 is 0 Å². The van der Waals surface area contributed by atoms with Gasteiger partial charge in [-0.3, -0.25) is 4.79 Å². The lowest BCUT2D eigenvalue weighted by atomic mass is 9.99. The Morgan fingerprint density at radius 1 is 1.38 bits per heavy atom. The molecule has 2 N–H and O–H groups in total. The fraction of sp³-hybridized carbons (Fsp3) is 0.562. The standard InChI is InChI=1S/C16H20Cl2N2O/c17-11-3-4-12(15(18)6-11)13-7-14(13)16(21)20-9-10-2-1-5-19-8-10/h3-4,6,10,13-14,19H,1-2,5,7-9H2,(H,20,21). The Labute approximate surface area is 135 Å². The second kappa shape index (κ2) is 6.55. The van der Waals surface area contributed by atoms with Crippen molar-refractivity contribution in [3.05, 3.63) is 33.8 Å². The van der Waals surface area contributed by atoms with E-state index >= 15 is 0 Å². The third kappa shape index (κ3) is 3.71. The van der Waals surface area contributed by atoms with Gasteiger partial charge < -0.3 is 10.6 Å². The fourth-order valence-corrected chi connectivity index (χ4v) is 3.65. The molecule has 2 aliphatic rings. The number of carbonyl (C=O) groups excluding carboxylic acids is 1. The fourth-order valence-electron chi connectivity index (χ4n) is 3.10. The van der Waals surface area contributed by atoms with E-state index in [1.807, 2.05) is 12.1 Å². The molecule has 1 aromatic rings. The molecule has 114 valence electrons. The minimum atomic E-state index is 0.0697. The molecule has 0 aromatic heterocycles. The van der Waals surface area contributed by atoms with Gasteiger partial charge in [-0.15, -0.1) is 0 Å². The number of hydrogen-bond donors (Lipinski definition) is 2. The van der Waals surface area contributed by atoms with Crippen LogP contribution in [-0.2, 0) is 4.79 Å². The lowest BCUT2D eigenvalue weighted by Crippen LogP contribution is -2.38. The van der Waals surface area contributed by atoms with Crippen molar-refractivity contribution >= 4 is 29.1 Å². The molecule has 1 amide bonds. The zero-order valence-corrected chi connectivity index (χ0v) is 13.4. The number of amides is 1. The summed E-state index contributed by atoms with van der Waals surface area (Å²) in [5.74, 6) is 1.05. The first kappa shape index (κ1) is 15.1. The summed E-state index contributed by atoms with van der Waals surface area (Å²) in [5.41, 5.74) is 1.04. The maximum atomic E-state index is 12.2. The molecule has 5 heteroatoms. The largest absolute Gasteiger partial charge is 0.356 e. The summed E-state index contributed by atoms with van der Waals surface area (Å²) in [5, 5.41) is 7.77. The van der Waals surface area contributed by atoms with Crippen molar-refractivity contribution in [2.45, 2.75) is 25.2 Å². The predicted molar refractivity (Wildman–Crippen MR) is 85.9 cm³/mol. The van der Waals surface area contributed by atoms with Crippen LogP contribution in [0, 0.1) is 11.8 Å². The smallest absolute Gasteiger partial charge is 0.223 e. The molecule has 1 aliphatic heterocycles. The van der Waals surface area contributed by atoms with E-state index in [0.29, 0.717) is 16.0 Å². The first-order chi connectivity index (χ1) is 10.1. The van der Waals surface area contributed by atoms with Crippen LogP contribution in [-0.4, -0.2) is 25.5 Å². The molecule has 0 spiro atoms. The minimum Gasteiger partial charge on any atom is -0.356 e. The topological polar surface area (TPSA) is 41.1 Å². The van der Waals surface area contributed by atoms with Crippen molar-refractivity contribution in [3.63, 3.8) is 0 Å². The normalized spacial score (nSPS) is 28.2. The van der Waals surface area contributed by atoms with Crippen LogP contribution >= 0.6 is 23.2 Å². The summed E-state index contributed by atoms with van der Waals surface area (Å²) >= 11 is 12.1. The summed E-state index contributed by atoms with van der Waals surface area (Å²) in [4.78, 5) is 12.2. The zero-order valence-electron chi connectivity index (χ0n) is 11.9. The Hall–Kier alpha value is -0.770. The molecule has 0 radical (unpaired) electrons. The molecule has 1 saturated carbocycles. The Morgan fingerprint density at radius 2 is 2.24 bits per heavy atom. The van der Waals surface area contributed by atoms with Crippen LogP contribution in [0.5, 0.6) is 0 Å². The average molecular weight is 327 g/mol. The molecular weight excluding hydrogens is 307 g/mol. The van der Waals surface area contributed by atoms with Gasteiger partial charge in [0.05, 0.1) is 0 Å². The van der Waals surface area contributed by atoms with Crippen molar-refractivity contribution in [1.29, 1.82) is 0 Å². The van der Waals surface area contributed by atoms with Crippen molar-refractivity contribution < 1.29 is 4.79 Å². The SMILES string of the molecule is O=C(NCC1CCCNC1)C1CC1c1ccc(Cl)cc1Cl. The number of hydrogen-bond acceptors (Lipinski definition) is 2. The molecule has 1 aliphatic carbocycles. The van der Waals surface area contributed by atoms with Gasteiger partial charge >= 0.3 is 0 Å². The van der Waals surface area contributed by atoms with Gasteiger partial charge in [0.15, 0.2) is 0 Å². The number of piperidine rings is 1. The molecule has 3 unspecified atom stereocenters. The summed E-state index contributed by atoms with van der Waals surface area (Å²) in [6, 6.07) is 5.52. The lowest BCUT2D eigenvalue weighted by molar-refractivity contribution is -0.122. The van der Waals surface area contributed by atoms with Gasteiger partial charge in [-0.05, 0) is 61.9 Å². The Balaban J connectivity index is 1.51. The predicted octanol–water partition coefficient (Wildman–Crippen LogP) is 3.21. The molecule has 3 atom stereocenters. The third-order valence-corrected chi connectivity index (χ3v) is 5.02. The van der Waals surface area contributed by atoms with Crippen LogP contribution in [0.1, 0.15) is 30.7 Å². The summed E-state index contributed by atoms with van der Waals surface area (Å²) in [7, 11) is 0. The van der Waals surface area contributed by atoms with E-state index in [2.05, 4.69) is 10.6 Å². The highest BCUT2D eigenvalue weighted by Crippen LogP contribution is 2.50. The number of benzene rings is 1. The van der Waals surface area contributed by atoms with E-state index in [-0.39, 0.29) is 17.7 Å². The van der Waals surface area contributed by atoms with Crippen LogP contribution in [0.4, 0.5) is 0 Å². The van der Waals surface area contributed by atoms with Crippen LogP contribution in [0.3, 0.4) is 0 Å². The van der Waals surface area contributed by atoms with E-state index in [4.69, 9.17) is 23.2 Å². The zero-order chi connectivity index (χ0) is 14.8. The number of halogens is 2. The molecular formula is C16H20Cl2N2O. The van der Waals surface area contributed by atoms with Crippen LogP contribution < -0.4 is 10.6 Å². The lowest BCUT2D eigenvalue weighted by Gasteiger charge is -2.22. The van der Waals surface area contributed by atoms with Crippen LogP contribution in [0.2, 0.25) is 10.0 Å². The van der Waals surface area contributed by atoms with Gasteiger partial charge in [0.1, 0.15) is 0 Å². The maximum Gasteiger partial charge on any atom is 0.223 e. The van der Waals surface area contributed by atoms with Gasteiger partial charge in [0, 0.05) is 22.5 Å². The summed E-state index contributed by atoms with van der Waals surface area (Å²) < 4.78 is 0. The van der Waals surface area contributed by atoms with Gasteiger partial charge in [0.25, 0.3) is 0 Å². The van der Waals surface area contributed by atoms with Gasteiger partial charge in [-0.1, -0.05) is 29.3 Å². The number of rotatable bonds is 4. The molecule has 1 heterocycles. The average Bonchev–Trinajstić information content (AvgIpc) is 3.26. The Morgan fingerprint density at radius 3 is 2.95 bits per heavy atom. The molecule has 3 rings (SSSR count). The van der Waals surface area contributed by atoms with Crippen LogP contribution in [0.15, 0.2) is 18.2 Å². The van der Waals surface area contributed by atoms with Crippen LogP contribution in [0.25, 0.3) is 0 Å². The number of nitrogens with one attached hydrogen (secondary N) is 2. The molecule has 1 aromatic carbocycles. The highest BCUT2D eigenvalue weighted by molar-refractivity contribution is 6.35. The summed E-state index contributed by atoms with van der Waals surface area (Å²) in [6.07, 6.45) is 3.29. The van der Waals surface area contributed by atoms with Crippen molar-refractivity contribution in [2.24, 2.45) is 11.8 Å². The highest BCUT2D eigenvalue weighted by atomic mass is 35.5. The van der Waals surface area contributed by atoms with Crippen molar-refractivity contribution in [2.75, 3.05) is 19.6 Å². The van der Waals surface area contributed by atoms with E-state index in [0.717, 1.165) is 31.6 Å². The third-order valence-electron chi connectivity index (χ3n) is 4.45. The monoisotopic (exact) mass is 326 g/mol.